The van der Waals surface area contributed by atoms with Gasteiger partial charge >= 0.3 is 11.9 Å². The molecule has 3 aromatic rings. The zero-order chi connectivity index (χ0) is 28.6. The molecule has 216 valence electrons. The van der Waals surface area contributed by atoms with Gasteiger partial charge in [-0.15, -0.1) is 0 Å². The monoisotopic (exact) mass is 555 g/mol. The molecule has 2 N–H and O–H groups in total. The summed E-state index contributed by atoms with van der Waals surface area (Å²) in [4.78, 5) is 25.1. The fraction of sp³-hybridized carbons (Fsp3) is 0.429. The van der Waals surface area contributed by atoms with Crippen molar-refractivity contribution in [2.45, 2.75) is 83.3 Å². The number of aliphatic carboxylic acids is 1. The molecule has 0 spiro atoms. The number of carboxylic acid groups (broad SMARTS) is 2. The Balaban J connectivity index is 1.29. The summed E-state index contributed by atoms with van der Waals surface area (Å²) in [6.45, 7) is 2.17. The van der Waals surface area contributed by atoms with Crippen LogP contribution in [0.4, 0.5) is 0 Å². The fourth-order valence-corrected chi connectivity index (χ4v) is 6.47. The molecule has 5 rings (SSSR count). The lowest BCUT2D eigenvalue weighted by atomic mass is 9.85. The number of fused-ring (bicyclic) bond motifs is 2. The summed E-state index contributed by atoms with van der Waals surface area (Å²) in [7, 11) is 0. The number of hydrogen-bond acceptors (Lipinski definition) is 4. The van der Waals surface area contributed by atoms with Crippen molar-refractivity contribution in [2.24, 2.45) is 0 Å². The van der Waals surface area contributed by atoms with Crippen LogP contribution < -0.4 is 4.74 Å². The second kappa shape index (κ2) is 13.8. The minimum atomic E-state index is -0.896. The van der Waals surface area contributed by atoms with Crippen LogP contribution in [0.3, 0.4) is 0 Å². The number of benzene rings is 3. The second-order valence-corrected chi connectivity index (χ2v) is 11.5. The van der Waals surface area contributed by atoms with Crippen molar-refractivity contribution in [3.05, 3.63) is 99.6 Å². The van der Waals surface area contributed by atoms with Gasteiger partial charge in [0.25, 0.3) is 0 Å². The standard InChI is InChI=1S/C35H41NO5/c37-34(38)14-5-6-20-36(32-12-7-11-29-23-30(35(39)40)17-18-31(29)32)21-19-27-9-3-4-13-33(27)41-24-25-15-16-26-8-1-2-10-28(26)22-25/h3-4,9,13,15-18,22-23,32H,1-2,5-8,10-12,14,19-21,24H2,(H,37,38)(H,39,40). The molecular weight excluding hydrogens is 514 g/mol. The van der Waals surface area contributed by atoms with Gasteiger partial charge in [0.05, 0.1) is 5.56 Å². The predicted octanol–water partition coefficient (Wildman–Crippen LogP) is 7.02. The summed E-state index contributed by atoms with van der Waals surface area (Å²) in [6, 6.07) is 20.8. The van der Waals surface area contributed by atoms with Crippen LogP contribution in [-0.4, -0.2) is 40.1 Å². The summed E-state index contributed by atoms with van der Waals surface area (Å²) >= 11 is 0. The molecule has 0 saturated heterocycles. The van der Waals surface area contributed by atoms with Gasteiger partial charge in [-0.25, -0.2) is 4.79 Å². The summed E-state index contributed by atoms with van der Waals surface area (Å²) in [5, 5.41) is 18.6. The summed E-state index contributed by atoms with van der Waals surface area (Å²) < 4.78 is 6.37. The van der Waals surface area contributed by atoms with Crippen LogP contribution in [0.1, 0.15) is 94.7 Å². The zero-order valence-corrected chi connectivity index (χ0v) is 23.8. The highest BCUT2D eigenvalue weighted by atomic mass is 16.5. The zero-order valence-electron chi connectivity index (χ0n) is 23.8. The number of carboxylic acids is 2. The molecule has 0 radical (unpaired) electrons. The number of aromatic carboxylic acids is 1. The van der Waals surface area contributed by atoms with Crippen molar-refractivity contribution in [3.8, 4) is 5.75 Å². The third kappa shape index (κ3) is 7.56. The average molecular weight is 556 g/mol. The molecule has 3 aromatic carbocycles. The largest absolute Gasteiger partial charge is 0.489 e. The van der Waals surface area contributed by atoms with Crippen molar-refractivity contribution in [1.29, 1.82) is 0 Å². The van der Waals surface area contributed by atoms with Crippen LogP contribution >= 0.6 is 0 Å². The summed E-state index contributed by atoms with van der Waals surface area (Å²) in [6.07, 6.45) is 10.2. The lowest BCUT2D eigenvalue weighted by molar-refractivity contribution is -0.137. The highest BCUT2D eigenvalue weighted by Crippen LogP contribution is 2.36. The summed E-state index contributed by atoms with van der Waals surface area (Å²) in [5.41, 5.74) is 7.97. The van der Waals surface area contributed by atoms with Crippen LogP contribution in [0.25, 0.3) is 0 Å². The van der Waals surface area contributed by atoms with Gasteiger partial charge in [-0.2, -0.15) is 0 Å². The first-order valence-electron chi connectivity index (χ1n) is 15.1. The van der Waals surface area contributed by atoms with E-state index in [-0.39, 0.29) is 12.5 Å². The molecule has 0 fully saturated rings. The third-order valence-electron chi connectivity index (χ3n) is 8.65. The Morgan fingerprint density at radius 3 is 2.46 bits per heavy atom. The Morgan fingerprint density at radius 2 is 1.63 bits per heavy atom. The van der Waals surface area contributed by atoms with E-state index < -0.39 is 11.9 Å². The number of nitrogens with zero attached hydrogens (tertiary/aromatic N) is 1. The Kier molecular flexibility index (Phi) is 9.73. The van der Waals surface area contributed by atoms with E-state index in [1.807, 2.05) is 24.3 Å². The van der Waals surface area contributed by atoms with E-state index in [1.54, 1.807) is 6.07 Å². The van der Waals surface area contributed by atoms with E-state index in [9.17, 15) is 14.7 Å². The van der Waals surface area contributed by atoms with Crippen LogP contribution in [0, 0.1) is 0 Å². The van der Waals surface area contributed by atoms with Crippen LogP contribution in [-0.2, 0) is 37.1 Å². The molecule has 0 heterocycles. The number of unbranched alkanes of at least 4 members (excludes halogenated alkanes) is 1. The molecule has 0 saturated carbocycles. The number of ether oxygens (including phenoxy) is 1. The van der Waals surface area contributed by atoms with Crippen LogP contribution in [0.15, 0.2) is 60.7 Å². The summed E-state index contributed by atoms with van der Waals surface area (Å²) in [5.74, 6) is -0.746. The number of hydrogen-bond donors (Lipinski definition) is 2. The van der Waals surface area contributed by atoms with E-state index >= 15 is 0 Å². The highest BCUT2D eigenvalue weighted by Gasteiger charge is 2.27. The van der Waals surface area contributed by atoms with E-state index in [2.05, 4.69) is 35.2 Å². The molecule has 6 nitrogen and oxygen atoms in total. The van der Waals surface area contributed by atoms with Gasteiger partial charge < -0.3 is 14.9 Å². The van der Waals surface area contributed by atoms with Gasteiger partial charge in [-0.3, -0.25) is 9.69 Å². The normalized spacial score (nSPS) is 16.2. The number of aryl methyl sites for hydroxylation is 3. The van der Waals surface area contributed by atoms with Crippen molar-refractivity contribution in [3.63, 3.8) is 0 Å². The lowest BCUT2D eigenvalue weighted by Gasteiger charge is -2.36. The van der Waals surface area contributed by atoms with Gasteiger partial charge in [0, 0.05) is 19.0 Å². The first kappa shape index (κ1) is 28.9. The molecule has 0 bridgehead atoms. The Bertz CT molecular complexity index is 1370. The van der Waals surface area contributed by atoms with Gasteiger partial charge in [0.2, 0.25) is 0 Å². The SMILES string of the molecule is O=C(O)CCCCN(CCc1ccccc1OCc1ccc2c(c1)CCCC2)C1CCCc2cc(C(=O)O)ccc21. The van der Waals surface area contributed by atoms with Gasteiger partial charge in [0.15, 0.2) is 0 Å². The average Bonchev–Trinajstić information content (AvgIpc) is 2.99. The van der Waals surface area contributed by atoms with Crippen molar-refractivity contribution in [1.82, 2.24) is 4.90 Å². The van der Waals surface area contributed by atoms with Gasteiger partial charge in [-0.05, 0) is 122 Å². The topological polar surface area (TPSA) is 87.1 Å². The molecule has 0 aliphatic heterocycles. The quantitative estimate of drug-likeness (QED) is 0.220. The first-order chi connectivity index (χ1) is 20.0. The van der Waals surface area contributed by atoms with Crippen molar-refractivity contribution >= 4 is 11.9 Å². The third-order valence-corrected chi connectivity index (χ3v) is 8.65. The highest BCUT2D eigenvalue weighted by molar-refractivity contribution is 5.88. The molecule has 0 amide bonds. The molecule has 41 heavy (non-hydrogen) atoms. The fourth-order valence-electron chi connectivity index (χ4n) is 6.47. The number of rotatable bonds is 13. The molecular formula is C35H41NO5. The van der Waals surface area contributed by atoms with Crippen molar-refractivity contribution < 1.29 is 24.5 Å². The van der Waals surface area contributed by atoms with E-state index in [0.717, 1.165) is 62.9 Å². The maximum atomic E-state index is 11.6. The minimum absolute atomic E-state index is 0.177. The van der Waals surface area contributed by atoms with Crippen LogP contribution in [0.2, 0.25) is 0 Å². The number of carbonyl (C=O) groups is 2. The van der Waals surface area contributed by atoms with Crippen LogP contribution in [0.5, 0.6) is 5.75 Å². The Labute approximate surface area is 243 Å². The molecule has 6 heteroatoms. The smallest absolute Gasteiger partial charge is 0.335 e. The molecule has 0 aromatic heterocycles. The van der Waals surface area contributed by atoms with Gasteiger partial charge in [0.1, 0.15) is 12.4 Å². The first-order valence-corrected chi connectivity index (χ1v) is 15.1. The Hall–Kier alpha value is -3.64. The van der Waals surface area contributed by atoms with E-state index in [0.29, 0.717) is 18.6 Å². The predicted molar refractivity (Wildman–Crippen MR) is 160 cm³/mol. The molecule has 2 aliphatic rings. The minimum Gasteiger partial charge on any atom is -0.489 e. The molecule has 2 aliphatic carbocycles. The maximum absolute atomic E-state index is 11.6. The molecule has 1 atom stereocenters. The van der Waals surface area contributed by atoms with E-state index in [4.69, 9.17) is 9.84 Å². The Morgan fingerprint density at radius 1 is 0.829 bits per heavy atom. The van der Waals surface area contributed by atoms with Crippen molar-refractivity contribution in [2.75, 3.05) is 13.1 Å². The van der Waals surface area contributed by atoms with Gasteiger partial charge in [-0.1, -0.05) is 42.5 Å². The second-order valence-electron chi connectivity index (χ2n) is 11.5. The maximum Gasteiger partial charge on any atom is 0.335 e. The lowest BCUT2D eigenvalue weighted by Crippen LogP contribution is -2.34. The van der Waals surface area contributed by atoms with E-state index in [1.165, 1.54) is 47.1 Å². The molecule has 1 unspecified atom stereocenters. The number of para-hydroxylation sites is 1.